The molecule has 1 heterocycles. The quantitative estimate of drug-likeness (QED) is 0.679. The van der Waals surface area contributed by atoms with Crippen molar-refractivity contribution in [3.8, 4) is 0 Å². The van der Waals surface area contributed by atoms with E-state index in [1.807, 2.05) is 11.3 Å². The highest BCUT2D eigenvalue weighted by Gasteiger charge is 2.14. The predicted octanol–water partition coefficient (Wildman–Crippen LogP) is 4.42. The van der Waals surface area contributed by atoms with Crippen molar-refractivity contribution in [3.63, 3.8) is 0 Å². The Labute approximate surface area is 129 Å². The van der Waals surface area contributed by atoms with Crippen LogP contribution >= 0.6 is 11.3 Å². The number of hydrogen-bond acceptors (Lipinski definition) is 3. The molecule has 0 aliphatic heterocycles. The molecule has 0 spiro atoms. The van der Waals surface area contributed by atoms with Crippen molar-refractivity contribution in [1.82, 2.24) is 10.2 Å². The van der Waals surface area contributed by atoms with Crippen LogP contribution in [0.25, 0.3) is 0 Å². The van der Waals surface area contributed by atoms with Gasteiger partial charge in [-0.1, -0.05) is 20.8 Å². The second kappa shape index (κ2) is 8.81. The van der Waals surface area contributed by atoms with E-state index in [-0.39, 0.29) is 0 Å². The fourth-order valence-corrected chi connectivity index (χ4v) is 3.39. The smallest absolute Gasteiger partial charge is 0.0299 e. The molecule has 0 fully saturated rings. The fourth-order valence-electron chi connectivity index (χ4n) is 2.37. The average Bonchev–Trinajstić information content (AvgIpc) is 2.69. The standard InChI is InChI=1S/C17H32N2S/c1-7-8-18-10-17-9-16(15(6)20-17)12-19(14(4)5)11-13(2)3/h9,13-14,18H,7-8,10-12H2,1-6H3. The summed E-state index contributed by atoms with van der Waals surface area (Å²) < 4.78 is 0. The molecule has 0 radical (unpaired) electrons. The Bertz CT molecular complexity index is 382. The molecule has 0 saturated heterocycles. The first-order valence-corrected chi connectivity index (χ1v) is 8.78. The van der Waals surface area contributed by atoms with Gasteiger partial charge in [0.25, 0.3) is 0 Å². The van der Waals surface area contributed by atoms with Crippen molar-refractivity contribution >= 4 is 11.3 Å². The summed E-state index contributed by atoms with van der Waals surface area (Å²) in [7, 11) is 0. The molecule has 2 nitrogen and oxygen atoms in total. The molecule has 1 N–H and O–H groups in total. The van der Waals surface area contributed by atoms with Gasteiger partial charge in [-0.3, -0.25) is 4.90 Å². The minimum atomic E-state index is 0.610. The molecule has 1 aromatic rings. The zero-order chi connectivity index (χ0) is 15.1. The lowest BCUT2D eigenvalue weighted by Gasteiger charge is -2.28. The first kappa shape index (κ1) is 17.7. The molecule has 0 atom stereocenters. The lowest BCUT2D eigenvalue weighted by atomic mass is 10.1. The Morgan fingerprint density at radius 2 is 1.95 bits per heavy atom. The van der Waals surface area contributed by atoms with Gasteiger partial charge in [-0.2, -0.15) is 0 Å². The fraction of sp³-hybridized carbons (Fsp3) is 0.765. The Morgan fingerprint density at radius 1 is 1.25 bits per heavy atom. The minimum Gasteiger partial charge on any atom is -0.312 e. The van der Waals surface area contributed by atoms with Crippen LogP contribution in [-0.2, 0) is 13.1 Å². The maximum Gasteiger partial charge on any atom is 0.0299 e. The molecule has 0 unspecified atom stereocenters. The van der Waals surface area contributed by atoms with Crippen LogP contribution in [0, 0.1) is 12.8 Å². The molecule has 3 heteroatoms. The summed E-state index contributed by atoms with van der Waals surface area (Å²) in [6, 6.07) is 3.01. The minimum absolute atomic E-state index is 0.610. The van der Waals surface area contributed by atoms with E-state index < -0.39 is 0 Å². The van der Waals surface area contributed by atoms with Crippen LogP contribution in [0.2, 0.25) is 0 Å². The van der Waals surface area contributed by atoms with Gasteiger partial charge in [-0.05, 0) is 51.3 Å². The van der Waals surface area contributed by atoms with Gasteiger partial charge in [0.05, 0.1) is 0 Å². The van der Waals surface area contributed by atoms with E-state index >= 15 is 0 Å². The van der Waals surface area contributed by atoms with Crippen molar-refractivity contribution in [3.05, 3.63) is 21.4 Å². The number of rotatable bonds is 9. The average molecular weight is 297 g/mol. The summed E-state index contributed by atoms with van der Waals surface area (Å²) in [5.74, 6) is 0.724. The molecule has 20 heavy (non-hydrogen) atoms. The lowest BCUT2D eigenvalue weighted by Crippen LogP contribution is -2.33. The van der Waals surface area contributed by atoms with Crippen LogP contribution in [0.4, 0.5) is 0 Å². The van der Waals surface area contributed by atoms with Gasteiger partial charge >= 0.3 is 0 Å². The van der Waals surface area contributed by atoms with E-state index in [0.29, 0.717) is 6.04 Å². The first-order valence-electron chi connectivity index (χ1n) is 7.97. The van der Waals surface area contributed by atoms with Gasteiger partial charge in [0, 0.05) is 35.4 Å². The molecular weight excluding hydrogens is 264 g/mol. The first-order chi connectivity index (χ1) is 9.43. The Balaban J connectivity index is 2.65. The van der Waals surface area contributed by atoms with Crippen molar-refractivity contribution in [2.75, 3.05) is 13.1 Å². The molecule has 0 amide bonds. The highest BCUT2D eigenvalue weighted by Crippen LogP contribution is 2.24. The SMILES string of the molecule is CCCNCc1cc(CN(CC(C)C)C(C)C)c(C)s1. The highest BCUT2D eigenvalue weighted by atomic mass is 32.1. The molecule has 0 saturated carbocycles. The van der Waals surface area contributed by atoms with Gasteiger partial charge in [-0.25, -0.2) is 0 Å². The van der Waals surface area contributed by atoms with E-state index in [2.05, 4.69) is 57.8 Å². The largest absolute Gasteiger partial charge is 0.312 e. The second-order valence-corrected chi connectivity index (χ2v) is 7.73. The van der Waals surface area contributed by atoms with Crippen LogP contribution in [0.3, 0.4) is 0 Å². The summed E-state index contributed by atoms with van der Waals surface area (Å²) in [5.41, 5.74) is 1.51. The van der Waals surface area contributed by atoms with Crippen LogP contribution in [0.5, 0.6) is 0 Å². The maximum absolute atomic E-state index is 3.50. The molecule has 0 aliphatic rings. The lowest BCUT2D eigenvalue weighted by molar-refractivity contribution is 0.189. The highest BCUT2D eigenvalue weighted by molar-refractivity contribution is 7.12. The van der Waals surface area contributed by atoms with Gasteiger partial charge < -0.3 is 5.32 Å². The summed E-state index contributed by atoms with van der Waals surface area (Å²) in [6.07, 6.45) is 1.20. The Morgan fingerprint density at radius 3 is 2.50 bits per heavy atom. The van der Waals surface area contributed by atoms with Gasteiger partial charge in [-0.15, -0.1) is 11.3 Å². The number of nitrogens with one attached hydrogen (secondary N) is 1. The Hall–Kier alpha value is -0.380. The number of thiophene rings is 1. The molecule has 1 aromatic heterocycles. The van der Waals surface area contributed by atoms with Crippen LogP contribution in [0.1, 0.15) is 56.4 Å². The van der Waals surface area contributed by atoms with E-state index in [4.69, 9.17) is 0 Å². The zero-order valence-electron chi connectivity index (χ0n) is 14.1. The number of aryl methyl sites for hydroxylation is 1. The number of hydrogen-bond donors (Lipinski definition) is 1. The summed E-state index contributed by atoms with van der Waals surface area (Å²) >= 11 is 1.95. The van der Waals surface area contributed by atoms with E-state index in [1.54, 1.807) is 0 Å². The molecule has 0 aromatic carbocycles. The molecule has 0 aliphatic carbocycles. The van der Waals surface area contributed by atoms with E-state index in [9.17, 15) is 0 Å². The molecule has 0 bridgehead atoms. The van der Waals surface area contributed by atoms with Crippen LogP contribution < -0.4 is 5.32 Å². The van der Waals surface area contributed by atoms with Crippen molar-refractivity contribution in [2.45, 2.75) is 67.1 Å². The monoisotopic (exact) mass is 296 g/mol. The van der Waals surface area contributed by atoms with Gasteiger partial charge in [0.2, 0.25) is 0 Å². The molecular formula is C17H32N2S. The predicted molar refractivity (Wildman–Crippen MR) is 91.4 cm³/mol. The molecule has 116 valence electrons. The third-order valence-electron chi connectivity index (χ3n) is 3.50. The molecule has 1 rings (SSSR count). The van der Waals surface area contributed by atoms with Gasteiger partial charge in [0.1, 0.15) is 0 Å². The van der Waals surface area contributed by atoms with Crippen molar-refractivity contribution in [1.29, 1.82) is 0 Å². The Kier molecular flexibility index (Phi) is 7.78. The maximum atomic E-state index is 3.50. The van der Waals surface area contributed by atoms with E-state index in [0.717, 1.165) is 25.6 Å². The second-order valence-electron chi connectivity index (χ2n) is 6.39. The van der Waals surface area contributed by atoms with Crippen LogP contribution in [0.15, 0.2) is 6.07 Å². The third-order valence-corrected chi connectivity index (χ3v) is 4.59. The number of nitrogens with zero attached hydrogens (tertiary/aromatic N) is 1. The van der Waals surface area contributed by atoms with E-state index in [1.165, 1.54) is 28.3 Å². The summed E-state index contributed by atoms with van der Waals surface area (Å²) in [4.78, 5) is 5.54. The normalized spacial score (nSPS) is 12.1. The van der Waals surface area contributed by atoms with Crippen molar-refractivity contribution in [2.24, 2.45) is 5.92 Å². The third kappa shape index (κ3) is 5.94. The summed E-state index contributed by atoms with van der Waals surface area (Å²) in [5, 5.41) is 3.50. The summed E-state index contributed by atoms with van der Waals surface area (Å²) in [6.45, 7) is 18.1. The zero-order valence-corrected chi connectivity index (χ0v) is 14.9. The van der Waals surface area contributed by atoms with Crippen molar-refractivity contribution < 1.29 is 0 Å². The topological polar surface area (TPSA) is 15.3 Å². The van der Waals surface area contributed by atoms with Crippen LogP contribution in [-0.4, -0.2) is 24.0 Å². The van der Waals surface area contributed by atoms with Gasteiger partial charge in [0.15, 0.2) is 0 Å².